The van der Waals surface area contributed by atoms with Crippen molar-refractivity contribution in [3.8, 4) is 0 Å². The molecule has 0 aliphatic heterocycles. The van der Waals surface area contributed by atoms with Crippen molar-refractivity contribution in [3.63, 3.8) is 0 Å². The molecule has 0 unspecified atom stereocenters. The van der Waals surface area contributed by atoms with Gasteiger partial charge in [-0.2, -0.15) is 0 Å². The van der Waals surface area contributed by atoms with Gasteiger partial charge in [0.05, 0.1) is 0 Å². The summed E-state index contributed by atoms with van der Waals surface area (Å²) >= 11 is 0. The summed E-state index contributed by atoms with van der Waals surface area (Å²) in [4.78, 5) is 0. The second kappa shape index (κ2) is 42.7. The van der Waals surface area contributed by atoms with Gasteiger partial charge in [-0.25, -0.2) is 0 Å². The van der Waals surface area contributed by atoms with E-state index in [2.05, 4.69) is 0 Å². The summed E-state index contributed by atoms with van der Waals surface area (Å²) in [5.41, 5.74) is 0. The molecule has 6 nitrogen and oxygen atoms in total. The summed E-state index contributed by atoms with van der Waals surface area (Å²) in [7, 11) is -5.83. The number of hydrogen-bond acceptors (Lipinski definition) is 6. The molecule has 0 aromatic rings. The molecule has 0 saturated heterocycles. The fourth-order valence-electron chi connectivity index (χ4n) is 0. The van der Waals surface area contributed by atoms with Crippen LogP contribution in [0.1, 0.15) is 4.28 Å². The molecule has 0 aliphatic rings. The molecule has 0 N–H and O–H groups in total. The first-order valence-electron chi connectivity index (χ1n) is 1.41. The topological polar surface area (TPSA) is 138 Å². The van der Waals surface area contributed by atoms with Gasteiger partial charge in [0.2, 0.25) is 0 Å². The third kappa shape index (κ3) is 124. The van der Waals surface area contributed by atoms with Crippen LogP contribution in [0, 0.1) is 0 Å². The molecule has 0 bridgehead atoms. The van der Waals surface area contributed by atoms with Gasteiger partial charge in [0.15, 0.2) is 0 Å². The Morgan fingerprint density at radius 3 is 0.500 bits per heavy atom. The molecule has 0 aliphatic carbocycles. The minimum atomic E-state index is -2.92. The third-order valence-corrected chi connectivity index (χ3v) is 0. The zero-order valence-corrected chi connectivity index (χ0v) is 22.3. The van der Waals surface area contributed by atoms with Crippen LogP contribution in [0.5, 0.6) is 0 Å². The van der Waals surface area contributed by atoms with E-state index in [1.807, 2.05) is 0 Å². The maximum absolute atomic E-state index is 8.42. The van der Waals surface area contributed by atoms with E-state index in [1.54, 1.807) is 0 Å². The molecular weight excluding hydrogens is 308 g/mol. The summed E-state index contributed by atoms with van der Waals surface area (Å²) in [5, 5.41) is 50.5. The van der Waals surface area contributed by atoms with Crippen LogP contribution in [0.3, 0.4) is 0 Å². The number of hydrogen-bond donors (Lipinski definition) is 0. The first-order chi connectivity index (χ1) is 3.46. The van der Waals surface area contributed by atoms with Gasteiger partial charge < -0.3 is 34.4 Å². The van der Waals surface area contributed by atoms with E-state index in [0.29, 0.717) is 0 Å². The largest absolute Gasteiger partial charge is 2.00 e. The van der Waals surface area contributed by atoms with Gasteiger partial charge >= 0.3 is 223 Å². The summed E-state index contributed by atoms with van der Waals surface area (Å²) in [6, 6.07) is 0. The molecule has 0 rings (SSSR count). The van der Waals surface area contributed by atoms with E-state index in [1.165, 1.54) is 0 Å². The first kappa shape index (κ1) is 49.7. The minimum Gasteiger partial charge on any atom is -1.00 e. The zero-order valence-electron chi connectivity index (χ0n) is 11.7. The Balaban J connectivity index is -0.00000000308. The van der Waals surface area contributed by atoms with Crippen molar-refractivity contribution in [1.82, 2.24) is 0 Å². The van der Waals surface area contributed by atoms with Gasteiger partial charge in [0, 0.05) is 0 Å². The van der Waals surface area contributed by atoms with Crippen molar-refractivity contribution in [2.45, 2.75) is 0 Å². The molecule has 0 amide bonds. The second-order valence-electron chi connectivity index (χ2n) is 0.577. The average Bonchev–Trinajstić information content (AvgIpc) is 1.25. The SMILES string of the molecule is [H-].[H-].[H-].[K+].[K+].[K+].[Mg+2].[Mg+2].[Mg+2].[O-]B([O-])[O-].[O-]B([O-])[O-]. The molecule has 0 radical (unpaired) electrons. The number of rotatable bonds is 0. The Labute approximate surface area is 264 Å². The summed E-state index contributed by atoms with van der Waals surface area (Å²) < 4.78 is 0. The van der Waals surface area contributed by atoms with Gasteiger partial charge in [-0.05, 0) is 0 Å². The summed E-state index contributed by atoms with van der Waals surface area (Å²) in [6.45, 7) is 0. The minimum absolute atomic E-state index is 0. The van der Waals surface area contributed by atoms with Crippen LogP contribution in [-0.2, 0) is 0 Å². The van der Waals surface area contributed by atoms with Gasteiger partial charge in [-0.1, -0.05) is 0 Å². The summed E-state index contributed by atoms with van der Waals surface area (Å²) in [5.74, 6) is 0. The maximum Gasteiger partial charge on any atom is 2.00 e. The van der Waals surface area contributed by atoms with E-state index < -0.39 is 14.6 Å². The molecule has 0 saturated carbocycles. The van der Waals surface area contributed by atoms with Gasteiger partial charge in [-0.15, -0.1) is 0 Å². The molecule has 54 valence electrons. The van der Waals surface area contributed by atoms with Crippen LogP contribution < -0.4 is 184 Å². The van der Waals surface area contributed by atoms with E-state index in [-0.39, 0.29) is 228 Å². The Bertz CT molecular complexity index is 53.2. The molecule has 0 atom stereocenters. The maximum atomic E-state index is 8.42. The van der Waals surface area contributed by atoms with Crippen molar-refractivity contribution in [1.29, 1.82) is 0 Å². The van der Waals surface area contributed by atoms with Crippen LogP contribution >= 0.6 is 0 Å². The van der Waals surface area contributed by atoms with Crippen LogP contribution in [0.4, 0.5) is 0 Å². The molecule has 0 aromatic heterocycles. The van der Waals surface area contributed by atoms with Crippen molar-refractivity contribution < 1.29 is 189 Å². The van der Waals surface area contributed by atoms with Gasteiger partial charge in [0.25, 0.3) is 0 Å². The fourth-order valence-corrected chi connectivity index (χ4v) is 0. The Morgan fingerprint density at radius 1 is 0.500 bits per heavy atom. The van der Waals surface area contributed by atoms with Crippen LogP contribution in [0.25, 0.3) is 0 Å². The van der Waals surface area contributed by atoms with E-state index in [0.717, 1.165) is 0 Å². The first-order valence-corrected chi connectivity index (χ1v) is 1.41. The standard InChI is InChI=1S/2BO3.3K.3Mg.3H/c2*2-1(3)4;;;;;;;;;/q2*-3;3*+1;3*+2;3*-1. The smallest absolute Gasteiger partial charge is 1.00 e. The monoisotopic (exact) mass is 310 g/mol. The van der Waals surface area contributed by atoms with Crippen molar-refractivity contribution >= 4 is 83.8 Å². The van der Waals surface area contributed by atoms with Crippen molar-refractivity contribution in [2.75, 3.05) is 0 Å². The molecular formula is H3B2K3Mg3O6. The van der Waals surface area contributed by atoms with Gasteiger partial charge in [0.1, 0.15) is 0 Å². The molecule has 0 fully saturated rings. The summed E-state index contributed by atoms with van der Waals surface area (Å²) in [6.07, 6.45) is 0. The fraction of sp³-hybridized carbons (Fsp3) is 0. The average molecular weight is 311 g/mol. The second-order valence-corrected chi connectivity index (χ2v) is 0.577. The normalized spacial score (nSPS) is 3.86. The van der Waals surface area contributed by atoms with Crippen LogP contribution in [0.15, 0.2) is 0 Å². The Morgan fingerprint density at radius 2 is 0.500 bits per heavy atom. The van der Waals surface area contributed by atoms with Crippen LogP contribution in [-0.4, -0.2) is 83.8 Å². The predicted octanol–water partition coefficient (Wildman–Crippen LogP) is -17.7. The van der Waals surface area contributed by atoms with E-state index in [9.17, 15) is 0 Å². The van der Waals surface area contributed by atoms with Crippen molar-refractivity contribution in [3.05, 3.63) is 0 Å². The van der Waals surface area contributed by atoms with Crippen LogP contribution in [0.2, 0.25) is 0 Å². The zero-order chi connectivity index (χ0) is 7.15. The molecule has 14 heavy (non-hydrogen) atoms. The van der Waals surface area contributed by atoms with Crippen molar-refractivity contribution in [2.24, 2.45) is 0 Å². The predicted molar refractivity (Wildman–Crippen MR) is 32.1 cm³/mol. The van der Waals surface area contributed by atoms with Gasteiger partial charge in [-0.3, -0.25) is 14.6 Å². The molecule has 0 aromatic carbocycles. The third-order valence-electron chi connectivity index (χ3n) is 0. The van der Waals surface area contributed by atoms with E-state index in [4.69, 9.17) is 30.1 Å². The molecule has 14 heteroatoms. The Hall–Kier alpha value is 7.10. The molecule has 0 heterocycles. The molecule has 0 spiro atoms. The quantitative estimate of drug-likeness (QED) is 0.407. The Kier molecular flexibility index (Phi) is 152. The van der Waals surface area contributed by atoms with E-state index >= 15 is 0 Å².